The van der Waals surface area contributed by atoms with Crippen LogP contribution in [0.3, 0.4) is 0 Å². The Balaban J connectivity index is 2.25. The van der Waals surface area contributed by atoms with Gasteiger partial charge in [0.25, 0.3) is 5.54 Å². The molecule has 0 fully saturated rings. The predicted octanol–water partition coefficient (Wildman–Crippen LogP) is 4.57. The molecule has 1 aliphatic rings. The maximum Gasteiger partial charge on any atom is 0.337 e. The molecule has 3 rings (SSSR count). The minimum Gasteiger partial charge on any atom is -0.465 e. The van der Waals surface area contributed by atoms with E-state index in [4.69, 9.17) is 16.0 Å². The summed E-state index contributed by atoms with van der Waals surface area (Å²) >= 11 is 0. The number of nitrogens with zero attached hydrogens (tertiary/aromatic N) is 1. The van der Waals surface area contributed by atoms with Gasteiger partial charge in [0.15, 0.2) is 0 Å². The topological polar surface area (TPSA) is 57.0 Å². The van der Waals surface area contributed by atoms with Crippen LogP contribution in [-0.2, 0) is 27.9 Å². The van der Waals surface area contributed by atoms with Crippen molar-refractivity contribution < 1.29 is 19.1 Å². The first-order chi connectivity index (χ1) is 13.9. The van der Waals surface area contributed by atoms with Gasteiger partial charge >= 0.3 is 11.9 Å². The van der Waals surface area contributed by atoms with Crippen LogP contribution in [0.25, 0.3) is 4.85 Å². The van der Waals surface area contributed by atoms with Gasteiger partial charge in [-0.3, -0.25) is 4.85 Å². The van der Waals surface area contributed by atoms with Gasteiger partial charge in [0.2, 0.25) is 0 Å². The van der Waals surface area contributed by atoms with Crippen molar-refractivity contribution in [1.82, 2.24) is 0 Å². The summed E-state index contributed by atoms with van der Waals surface area (Å²) in [6.07, 6.45) is 1.99. The van der Waals surface area contributed by atoms with Crippen molar-refractivity contribution in [3.63, 3.8) is 0 Å². The molecule has 29 heavy (non-hydrogen) atoms. The first-order valence-electron chi connectivity index (χ1n) is 9.68. The number of hydrogen-bond donors (Lipinski definition) is 0. The minimum absolute atomic E-state index is 0.281. The lowest BCUT2D eigenvalue weighted by atomic mass is 9.75. The molecular weight excluding hydrogens is 366 g/mol. The van der Waals surface area contributed by atoms with E-state index in [1.54, 1.807) is 12.1 Å². The van der Waals surface area contributed by atoms with Gasteiger partial charge in [-0.05, 0) is 66.3 Å². The molecule has 0 unspecified atom stereocenters. The zero-order valence-corrected chi connectivity index (χ0v) is 17.2. The fourth-order valence-corrected chi connectivity index (χ4v) is 4.29. The van der Waals surface area contributed by atoms with Crippen molar-refractivity contribution >= 4 is 11.9 Å². The van der Waals surface area contributed by atoms with Crippen LogP contribution in [0.1, 0.15) is 63.2 Å². The van der Waals surface area contributed by atoms with Crippen molar-refractivity contribution in [2.45, 2.75) is 38.6 Å². The van der Waals surface area contributed by atoms with Crippen molar-refractivity contribution in [1.29, 1.82) is 0 Å². The maximum atomic E-state index is 12.0. The Morgan fingerprint density at radius 3 is 1.76 bits per heavy atom. The van der Waals surface area contributed by atoms with E-state index < -0.39 is 5.54 Å². The third kappa shape index (κ3) is 3.63. The molecule has 150 valence electrons. The van der Waals surface area contributed by atoms with Gasteiger partial charge in [-0.1, -0.05) is 13.8 Å². The third-order valence-corrected chi connectivity index (χ3v) is 5.50. The van der Waals surface area contributed by atoms with Crippen LogP contribution in [0.15, 0.2) is 36.4 Å². The number of methoxy groups -OCH3 is 2. The van der Waals surface area contributed by atoms with Crippen LogP contribution in [0.5, 0.6) is 0 Å². The highest BCUT2D eigenvalue weighted by Gasteiger charge is 2.46. The molecule has 0 saturated heterocycles. The van der Waals surface area contributed by atoms with E-state index in [0.717, 1.165) is 22.3 Å². The number of carbonyl (C=O) groups is 2. The Morgan fingerprint density at radius 1 is 0.966 bits per heavy atom. The molecule has 0 bridgehead atoms. The fourth-order valence-electron chi connectivity index (χ4n) is 4.29. The zero-order valence-electron chi connectivity index (χ0n) is 17.2. The number of ether oxygens (including phenoxy) is 2. The van der Waals surface area contributed by atoms with E-state index in [9.17, 15) is 9.59 Å². The summed E-state index contributed by atoms with van der Waals surface area (Å²) in [5, 5.41) is 0. The summed E-state index contributed by atoms with van der Waals surface area (Å²) in [5.74, 6) is -0.497. The molecule has 0 radical (unpaired) electrons. The van der Waals surface area contributed by atoms with Crippen LogP contribution in [0.4, 0.5) is 0 Å². The molecular formula is C24H25NO4. The number of benzene rings is 2. The molecule has 0 aromatic heterocycles. The molecule has 0 aliphatic heterocycles. The van der Waals surface area contributed by atoms with Crippen LogP contribution in [0, 0.1) is 12.5 Å². The Kier molecular flexibility index (Phi) is 5.74. The third-order valence-electron chi connectivity index (χ3n) is 5.50. The Morgan fingerprint density at radius 2 is 1.41 bits per heavy atom. The predicted molar refractivity (Wildman–Crippen MR) is 110 cm³/mol. The molecule has 0 heterocycles. The van der Waals surface area contributed by atoms with E-state index in [-0.39, 0.29) is 17.9 Å². The van der Waals surface area contributed by atoms with E-state index in [1.165, 1.54) is 14.2 Å². The van der Waals surface area contributed by atoms with Crippen molar-refractivity contribution in [3.05, 3.63) is 81.2 Å². The van der Waals surface area contributed by atoms with Crippen LogP contribution in [0.2, 0.25) is 0 Å². The second-order valence-electron chi connectivity index (χ2n) is 7.80. The summed E-state index contributed by atoms with van der Waals surface area (Å²) < 4.78 is 9.73. The van der Waals surface area contributed by atoms with Gasteiger partial charge in [0.05, 0.1) is 25.3 Å². The number of rotatable bonds is 4. The number of hydrogen-bond acceptors (Lipinski definition) is 4. The van der Waals surface area contributed by atoms with Gasteiger partial charge in [-0.25, -0.2) is 16.2 Å². The van der Waals surface area contributed by atoms with E-state index in [0.29, 0.717) is 30.4 Å². The number of carbonyl (C=O) groups excluding carboxylic acids is 2. The Labute approximate surface area is 171 Å². The molecule has 5 nitrogen and oxygen atoms in total. The van der Waals surface area contributed by atoms with Gasteiger partial charge in [-0.15, -0.1) is 0 Å². The van der Waals surface area contributed by atoms with Gasteiger partial charge < -0.3 is 9.47 Å². The largest absolute Gasteiger partial charge is 0.465 e. The van der Waals surface area contributed by atoms with Gasteiger partial charge in [0, 0.05) is 17.5 Å². The smallest absolute Gasteiger partial charge is 0.337 e. The lowest BCUT2D eigenvalue weighted by molar-refractivity contribution is 0.0591. The summed E-state index contributed by atoms with van der Waals surface area (Å²) in [4.78, 5) is 28.2. The SMILES string of the molecule is [C-]#[N+]C1(CC(C)C)c2ccc(C(=O)OC)cc2CCc2cc(C(=O)OC)ccc21. The fraction of sp³-hybridized carbons (Fsp3) is 0.375. The quantitative estimate of drug-likeness (QED) is 0.566. The lowest BCUT2D eigenvalue weighted by Gasteiger charge is -2.27. The molecule has 0 atom stereocenters. The minimum atomic E-state index is -0.862. The average Bonchev–Trinajstić information content (AvgIpc) is 2.86. The van der Waals surface area contributed by atoms with Crippen molar-refractivity contribution in [2.75, 3.05) is 14.2 Å². The normalized spacial score (nSPS) is 14.2. The molecule has 0 spiro atoms. The summed E-state index contributed by atoms with van der Waals surface area (Å²) in [6, 6.07) is 10.9. The van der Waals surface area contributed by atoms with Crippen molar-refractivity contribution in [3.8, 4) is 0 Å². The average molecular weight is 391 g/mol. The second kappa shape index (κ2) is 8.08. The molecule has 0 N–H and O–H groups in total. The number of esters is 2. The molecule has 0 amide bonds. The first-order valence-corrected chi connectivity index (χ1v) is 9.68. The second-order valence-corrected chi connectivity index (χ2v) is 7.80. The van der Waals surface area contributed by atoms with E-state index >= 15 is 0 Å². The monoisotopic (exact) mass is 391 g/mol. The van der Waals surface area contributed by atoms with E-state index in [2.05, 4.69) is 18.7 Å². The van der Waals surface area contributed by atoms with Gasteiger partial charge in [-0.2, -0.15) is 0 Å². The van der Waals surface area contributed by atoms with Crippen LogP contribution >= 0.6 is 0 Å². The highest BCUT2D eigenvalue weighted by molar-refractivity contribution is 5.90. The zero-order chi connectivity index (χ0) is 21.2. The number of fused-ring (bicyclic) bond motifs is 2. The molecule has 2 aromatic carbocycles. The van der Waals surface area contributed by atoms with Gasteiger partial charge in [0.1, 0.15) is 0 Å². The van der Waals surface area contributed by atoms with E-state index in [1.807, 2.05) is 24.3 Å². The van der Waals surface area contributed by atoms with Crippen LogP contribution in [-0.4, -0.2) is 26.2 Å². The summed E-state index contributed by atoms with van der Waals surface area (Å²) in [7, 11) is 2.72. The highest BCUT2D eigenvalue weighted by atomic mass is 16.5. The van der Waals surface area contributed by atoms with Crippen LogP contribution < -0.4 is 0 Å². The highest BCUT2D eigenvalue weighted by Crippen LogP contribution is 2.45. The Hall–Kier alpha value is -3.13. The molecule has 1 aliphatic carbocycles. The maximum absolute atomic E-state index is 12.0. The Bertz CT molecular complexity index is 933. The molecule has 2 aromatic rings. The number of aryl methyl sites for hydroxylation is 2. The molecule has 0 saturated carbocycles. The molecule has 5 heteroatoms. The summed E-state index contributed by atoms with van der Waals surface area (Å²) in [6.45, 7) is 12.4. The first kappa shape index (κ1) is 20.6. The summed E-state index contributed by atoms with van der Waals surface area (Å²) in [5.41, 5.74) is 3.91. The lowest BCUT2D eigenvalue weighted by Crippen LogP contribution is -2.27. The standard InChI is InChI=1S/C24H25NO4/c1-15(2)14-24(25-3)20-10-8-18(22(26)28-4)12-16(20)6-7-17-13-19(23(27)29-5)9-11-21(17)24/h8-13,15H,6-7,14H2,1-2,4-5H3. The van der Waals surface area contributed by atoms with Crippen molar-refractivity contribution in [2.24, 2.45) is 5.92 Å².